The van der Waals surface area contributed by atoms with Gasteiger partial charge in [-0.25, -0.2) is 0 Å². The summed E-state index contributed by atoms with van der Waals surface area (Å²) in [6.07, 6.45) is 3.04. The van der Waals surface area contributed by atoms with Crippen LogP contribution in [0.2, 0.25) is 0 Å². The topological polar surface area (TPSA) is 55.2 Å². The Morgan fingerprint density at radius 1 is 1.37 bits per heavy atom. The smallest absolute Gasteiger partial charge is 0.269 e. The van der Waals surface area contributed by atoms with Crippen molar-refractivity contribution >= 4 is 5.69 Å². The average Bonchev–Trinajstić information content (AvgIpc) is 2.36. The third-order valence-electron chi connectivity index (χ3n) is 3.15. The Hall–Kier alpha value is -1.42. The van der Waals surface area contributed by atoms with Crippen molar-refractivity contribution < 1.29 is 4.92 Å². The molecule has 106 valence electrons. The van der Waals surface area contributed by atoms with Gasteiger partial charge in [0.2, 0.25) is 0 Å². The molecule has 0 spiro atoms. The molecule has 1 rings (SSSR count). The van der Waals surface area contributed by atoms with Gasteiger partial charge in [0.25, 0.3) is 5.69 Å². The second-order valence-electron chi connectivity index (χ2n) is 5.35. The van der Waals surface area contributed by atoms with Crippen LogP contribution >= 0.6 is 0 Å². The molecule has 0 saturated carbocycles. The monoisotopic (exact) mass is 264 g/mol. The summed E-state index contributed by atoms with van der Waals surface area (Å²) in [6, 6.07) is 7.44. The summed E-state index contributed by atoms with van der Waals surface area (Å²) < 4.78 is 0. The number of nitrogens with one attached hydrogen (secondary N) is 1. The highest BCUT2D eigenvalue weighted by molar-refractivity contribution is 5.34. The fourth-order valence-electron chi connectivity index (χ4n) is 2.33. The van der Waals surface area contributed by atoms with Crippen LogP contribution in [0.15, 0.2) is 24.3 Å². The van der Waals surface area contributed by atoms with Crippen molar-refractivity contribution in [1.29, 1.82) is 0 Å². The molecule has 1 atom stereocenters. The molecule has 1 aromatic rings. The second kappa shape index (κ2) is 7.89. The van der Waals surface area contributed by atoms with Gasteiger partial charge >= 0.3 is 0 Å². The molecule has 4 heteroatoms. The molecule has 0 aromatic heterocycles. The Morgan fingerprint density at radius 3 is 2.68 bits per heavy atom. The number of nitro groups is 1. The summed E-state index contributed by atoms with van der Waals surface area (Å²) in [5.74, 6) is 0.661. The number of nitro benzene ring substituents is 1. The van der Waals surface area contributed by atoms with E-state index in [0.29, 0.717) is 12.0 Å². The summed E-state index contributed by atoms with van der Waals surface area (Å²) in [5, 5.41) is 14.2. The maximum absolute atomic E-state index is 10.7. The highest BCUT2D eigenvalue weighted by atomic mass is 16.6. The molecule has 0 radical (unpaired) electrons. The zero-order chi connectivity index (χ0) is 14.3. The molecule has 19 heavy (non-hydrogen) atoms. The van der Waals surface area contributed by atoms with E-state index in [4.69, 9.17) is 0 Å². The first-order valence-corrected chi connectivity index (χ1v) is 6.99. The van der Waals surface area contributed by atoms with Crippen LogP contribution in [-0.4, -0.2) is 17.5 Å². The molecule has 0 amide bonds. The molecule has 1 aromatic carbocycles. The first kappa shape index (κ1) is 15.6. The molecule has 0 fully saturated rings. The number of aryl methyl sites for hydroxylation is 1. The zero-order valence-corrected chi connectivity index (χ0v) is 12.1. The van der Waals surface area contributed by atoms with Gasteiger partial charge in [-0.3, -0.25) is 10.1 Å². The number of hydrogen-bond acceptors (Lipinski definition) is 3. The van der Waals surface area contributed by atoms with E-state index in [1.165, 1.54) is 0 Å². The fourth-order valence-corrected chi connectivity index (χ4v) is 2.33. The van der Waals surface area contributed by atoms with E-state index in [1.54, 1.807) is 18.2 Å². The summed E-state index contributed by atoms with van der Waals surface area (Å²) in [7, 11) is 0. The molecule has 0 bridgehead atoms. The van der Waals surface area contributed by atoms with Crippen molar-refractivity contribution in [3.8, 4) is 0 Å². The third kappa shape index (κ3) is 5.83. The highest BCUT2D eigenvalue weighted by Crippen LogP contribution is 2.16. The summed E-state index contributed by atoms with van der Waals surface area (Å²) in [6.45, 7) is 7.52. The van der Waals surface area contributed by atoms with Crippen molar-refractivity contribution in [3.63, 3.8) is 0 Å². The minimum absolute atomic E-state index is 0.182. The van der Waals surface area contributed by atoms with E-state index >= 15 is 0 Å². The predicted molar refractivity (Wildman–Crippen MR) is 78.3 cm³/mol. The lowest BCUT2D eigenvalue weighted by molar-refractivity contribution is -0.384. The number of nitrogens with zero attached hydrogens (tertiary/aromatic N) is 1. The number of benzene rings is 1. The largest absolute Gasteiger partial charge is 0.314 e. The number of hydrogen-bond donors (Lipinski definition) is 1. The van der Waals surface area contributed by atoms with Crippen molar-refractivity contribution in [3.05, 3.63) is 39.9 Å². The van der Waals surface area contributed by atoms with Crippen molar-refractivity contribution in [2.75, 3.05) is 6.54 Å². The minimum atomic E-state index is -0.334. The Morgan fingerprint density at radius 2 is 2.11 bits per heavy atom. The maximum Gasteiger partial charge on any atom is 0.269 e. The van der Waals surface area contributed by atoms with Crippen LogP contribution in [0, 0.1) is 16.0 Å². The molecule has 0 aliphatic carbocycles. The predicted octanol–water partition coefficient (Wildman–Crippen LogP) is 3.55. The standard InChI is InChI=1S/C15H24N2O2/c1-4-16-14(10-12(2)3)9-8-13-6-5-7-15(11-13)17(18)19/h5-7,11-12,14,16H,4,8-10H2,1-3H3. The van der Waals surface area contributed by atoms with Gasteiger partial charge in [0.15, 0.2) is 0 Å². The molecule has 4 nitrogen and oxygen atoms in total. The van der Waals surface area contributed by atoms with Gasteiger partial charge < -0.3 is 5.32 Å². The van der Waals surface area contributed by atoms with Crippen molar-refractivity contribution in [2.45, 2.75) is 46.1 Å². The Kier molecular flexibility index (Phi) is 6.50. The molecule has 0 aliphatic rings. The van der Waals surface area contributed by atoms with Gasteiger partial charge in [-0.15, -0.1) is 0 Å². The minimum Gasteiger partial charge on any atom is -0.314 e. The van der Waals surface area contributed by atoms with Crippen LogP contribution in [-0.2, 0) is 6.42 Å². The highest BCUT2D eigenvalue weighted by Gasteiger charge is 2.11. The average molecular weight is 264 g/mol. The maximum atomic E-state index is 10.7. The van der Waals surface area contributed by atoms with Gasteiger partial charge in [0.1, 0.15) is 0 Å². The molecule has 0 saturated heterocycles. The third-order valence-corrected chi connectivity index (χ3v) is 3.15. The molecule has 0 heterocycles. The molecular formula is C15H24N2O2. The van der Waals surface area contributed by atoms with E-state index in [1.807, 2.05) is 6.07 Å². The summed E-state index contributed by atoms with van der Waals surface area (Å²) in [4.78, 5) is 10.4. The number of rotatable bonds is 8. The Balaban J connectivity index is 2.58. The van der Waals surface area contributed by atoms with E-state index in [9.17, 15) is 10.1 Å². The Labute approximate surface area is 115 Å². The van der Waals surface area contributed by atoms with E-state index in [0.717, 1.165) is 31.4 Å². The quantitative estimate of drug-likeness (QED) is 0.577. The summed E-state index contributed by atoms with van der Waals surface area (Å²) >= 11 is 0. The lowest BCUT2D eigenvalue weighted by atomic mass is 9.97. The van der Waals surface area contributed by atoms with Crippen LogP contribution in [0.3, 0.4) is 0 Å². The number of non-ortho nitro benzene ring substituents is 1. The fraction of sp³-hybridized carbons (Fsp3) is 0.600. The van der Waals surface area contributed by atoms with Gasteiger partial charge in [-0.05, 0) is 37.3 Å². The van der Waals surface area contributed by atoms with Gasteiger partial charge in [-0.2, -0.15) is 0 Å². The molecule has 1 N–H and O–H groups in total. The van der Waals surface area contributed by atoms with E-state index in [-0.39, 0.29) is 10.6 Å². The first-order valence-electron chi connectivity index (χ1n) is 6.99. The van der Waals surface area contributed by atoms with E-state index < -0.39 is 0 Å². The summed E-state index contributed by atoms with van der Waals surface area (Å²) in [5.41, 5.74) is 1.22. The molecule has 1 unspecified atom stereocenters. The molecular weight excluding hydrogens is 240 g/mol. The van der Waals surface area contributed by atoms with Crippen molar-refractivity contribution in [2.24, 2.45) is 5.92 Å². The second-order valence-corrected chi connectivity index (χ2v) is 5.35. The van der Waals surface area contributed by atoms with Crippen LogP contribution < -0.4 is 5.32 Å². The van der Waals surface area contributed by atoms with Gasteiger partial charge in [0.05, 0.1) is 4.92 Å². The van der Waals surface area contributed by atoms with Crippen LogP contribution in [0.4, 0.5) is 5.69 Å². The zero-order valence-electron chi connectivity index (χ0n) is 12.1. The normalized spacial score (nSPS) is 12.6. The van der Waals surface area contributed by atoms with E-state index in [2.05, 4.69) is 26.1 Å². The van der Waals surface area contributed by atoms with Crippen LogP contribution in [0.1, 0.15) is 39.2 Å². The van der Waals surface area contributed by atoms with Crippen LogP contribution in [0.5, 0.6) is 0 Å². The first-order chi connectivity index (χ1) is 9.02. The van der Waals surface area contributed by atoms with Gasteiger partial charge in [-0.1, -0.05) is 32.9 Å². The lowest BCUT2D eigenvalue weighted by Crippen LogP contribution is -2.30. The molecule has 0 aliphatic heterocycles. The SMILES string of the molecule is CCNC(CCc1cccc([N+](=O)[O-])c1)CC(C)C. The van der Waals surface area contributed by atoms with Crippen molar-refractivity contribution in [1.82, 2.24) is 5.32 Å². The van der Waals surface area contributed by atoms with Crippen LogP contribution in [0.25, 0.3) is 0 Å². The van der Waals surface area contributed by atoms with Gasteiger partial charge in [0, 0.05) is 18.2 Å². The Bertz CT molecular complexity index is 405. The lowest BCUT2D eigenvalue weighted by Gasteiger charge is -2.19.